The largest absolute Gasteiger partial charge is 0.243 e. The third kappa shape index (κ3) is 3.21. The minimum absolute atomic E-state index is 0.0874. The fraction of sp³-hybridized carbons (Fsp3) is 0.600. The Hall–Kier alpha value is -0.520. The van der Waals surface area contributed by atoms with Crippen LogP contribution in [0.15, 0.2) is 29.2 Å². The molecule has 5 heteroatoms. The molecule has 0 atom stereocenters. The number of rotatable bonds is 4. The van der Waals surface area contributed by atoms with E-state index in [0.29, 0.717) is 18.0 Å². The van der Waals surface area contributed by atoms with Gasteiger partial charge in [-0.15, -0.1) is 0 Å². The van der Waals surface area contributed by atoms with Gasteiger partial charge < -0.3 is 0 Å². The summed E-state index contributed by atoms with van der Waals surface area (Å²) in [6.07, 6.45) is 1.03. The van der Waals surface area contributed by atoms with Crippen molar-refractivity contribution in [3.8, 4) is 0 Å². The van der Waals surface area contributed by atoms with Crippen molar-refractivity contribution in [2.45, 2.75) is 37.5 Å². The Labute approximate surface area is 126 Å². The van der Waals surface area contributed by atoms with Crippen LogP contribution >= 0.6 is 11.8 Å². The highest BCUT2D eigenvalue weighted by atomic mass is 32.2. The van der Waals surface area contributed by atoms with Crippen LogP contribution in [0.25, 0.3) is 0 Å². The van der Waals surface area contributed by atoms with Gasteiger partial charge in [-0.3, -0.25) is 0 Å². The molecule has 0 bridgehead atoms. The van der Waals surface area contributed by atoms with E-state index in [4.69, 9.17) is 0 Å². The summed E-state index contributed by atoms with van der Waals surface area (Å²) in [4.78, 5) is 0.417. The van der Waals surface area contributed by atoms with E-state index < -0.39 is 10.0 Å². The molecule has 0 spiro atoms. The van der Waals surface area contributed by atoms with E-state index in [1.165, 1.54) is 5.56 Å². The average Bonchev–Trinajstić information content (AvgIpc) is 2.48. The van der Waals surface area contributed by atoms with Crippen LogP contribution in [0.4, 0.5) is 0 Å². The normalized spacial score (nSPS) is 18.1. The van der Waals surface area contributed by atoms with Gasteiger partial charge in [0.15, 0.2) is 0 Å². The molecule has 0 aliphatic carbocycles. The van der Waals surface area contributed by atoms with Crippen molar-refractivity contribution in [2.24, 2.45) is 0 Å². The van der Waals surface area contributed by atoms with Crippen LogP contribution in [-0.4, -0.2) is 37.3 Å². The molecule has 1 heterocycles. The minimum Gasteiger partial charge on any atom is -0.207 e. The van der Waals surface area contributed by atoms with Gasteiger partial charge in [-0.25, -0.2) is 8.42 Å². The van der Waals surface area contributed by atoms with Crippen LogP contribution in [-0.2, 0) is 15.4 Å². The number of sulfonamides is 1. The van der Waals surface area contributed by atoms with Gasteiger partial charge in [-0.1, -0.05) is 32.9 Å². The Bertz CT molecular complexity index is 544. The summed E-state index contributed by atoms with van der Waals surface area (Å²) in [6, 6.07) is 7.41. The first kappa shape index (κ1) is 15.9. The molecule has 1 aromatic rings. The van der Waals surface area contributed by atoms with Crippen molar-refractivity contribution in [1.82, 2.24) is 4.31 Å². The second kappa shape index (κ2) is 6.08. The van der Waals surface area contributed by atoms with Gasteiger partial charge in [0.2, 0.25) is 10.0 Å². The smallest absolute Gasteiger partial charge is 0.207 e. The van der Waals surface area contributed by atoms with E-state index in [1.54, 1.807) is 16.4 Å². The lowest BCUT2D eigenvalue weighted by Crippen LogP contribution is -2.37. The monoisotopic (exact) mass is 313 g/mol. The lowest BCUT2D eigenvalue weighted by molar-refractivity contribution is 0.443. The zero-order valence-electron chi connectivity index (χ0n) is 12.4. The van der Waals surface area contributed by atoms with Crippen molar-refractivity contribution in [2.75, 3.05) is 24.6 Å². The van der Waals surface area contributed by atoms with E-state index in [9.17, 15) is 8.42 Å². The van der Waals surface area contributed by atoms with Crippen LogP contribution in [0.3, 0.4) is 0 Å². The number of nitrogens with zero attached hydrogens (tertiary/aromatic N) is 1. The second-order valence-corrected chi connectivity index (χ2v) is 8.94. The number of thioether (sulfide) groups is 1. The molecule has 1 fully saturated rings. The lowest BCUT2D eigenvalue weighted by atomic mass is 9.82. The van der Waals surface area contributed by atoms with Gasteiger partial charge in [-0.05, 0) is 29.5 Å². The highest BCUT2D eigenvalue weighted by Gasteiger charge is 2.26. The summed E-state index contributed by atoms with van der Waals surface area (Å²) in [7, 11) is -3.31. The fourth-order valence-corrected chi connectivity index (χ4v) is 4.79. The van der Waals surface area contributed by atoms with Crippen molar-refractivity contribution in [3.63, 3.8) is 0 Å². The van der Waals surface area contributed by atoms with Crippen LogP contribution < -0.4 is 0 Å². The van der Waals surface area contributed by atoms with E-state index in [1.807, 2.05) is 23.9 Å². The molecule has 20 heavy (non-hydrogen) atoms. The molecule has 0 radical (unpaired) electrons. The first-order chi connectivity index (χ1) is 9.38. The quantitative estimate of drug-likeness (QED) is 0.857. The molecular formula is C15H23NO2S2. The van der Waals surface area contributed by atoms with Crippen LogP contribution in [0.1, 0.15) is 32.8 Å². The first-order valence-corrected chi connectivity index (χ1v) is 9.66. The Balaban J connectivity index is 2.25. The zero-order chi connectivity index (χ0) is 14.8. The van der Waals surface area contributed by atoms with Gasteiger partial charge in [0.1, 0.15) is 0 Å². The third-order valence-electron chi connectivity index (χ3n) is 4.13. The predicted octanol–water partition coefficient (Wildman–Crippen LogP) is 3.11. The summed E-state index contributed by atoms with van der Waals surface area (Å²) >= 11 is 1.81. The molecule has 112 valence electrons. The maximum absolute atomic E-state index is 12.5. The predicted molar refractivity (Wildman–Crippen MR) is 85.8 cm³/mol. The molecular weight excluding hydrogens is 290 g/mol. The molecule has 1 aliphatic heterocycles. The average molecular weight is 313 g/mol. The highest BCUT2D eigenvalue weighted by molar-refractivity contribution is 7.99. The van der Waals surface area contributed by atoms with Gasteiger partial charge >= 0.3 is 0 Å². The van der Waals surface area contributed by atoms with Gasteiger partial charge in [0.25, 0.3) is 0 Å². The van der Waals surface area contributed by atoms with E-state index in [2.05, 4.69) is 20.8 Å². The summed E-state index contributed by atoms with van der Waals surface area (Å²) in [5.74, 6) is 1.78. The molecule has 0 unspecified atom stereocenters. The molecule has 1 aliphatic rings. The van der Waals surface area contributed by atoms with Crippen molar-refractivity contribution < 1.29 is 8.42 Å². The lowest BCUT2D eigenvalue weighted by Gasteiger charge is -2.26. The van der Waals surface area contributed by atoms with Crippen molar-refractivity contribution in [3.05, 3.63) is 29.8 Å². The SMILES string of the molecule is CCC(C)(C)c1ccc(S(=O)(=O)N2CCSCC2)cc1. The topological polar surface area (TPSA) is 37.4 Å². The molecule has 1 saturated heterocycles. The molecule has 0 N–H and O–H groups in total. The zero-order valence-corrected chi connectivity index (χ0v) is 14.1. The Morgan fingerprint density at radius 2 is 1.70 bits per heavy atom. The van der Waals surface area contributed by atoms with Crippen LogP contribution in [0, 0.1) is 0 Å². The Morgan fingerprint density at radius 1 is 1.15 bits per heavy atom. The van der Waals surface area contributed by atoms with Gasteiger partial charge in [0.05, 0.1) is 4.90 Å². The Kier molecular flexibility index (Phi) is 4.82. The van der Waals surface area contributed by atoms with E-state index >= 15 is 0 Å². The molecule has 0 amide bonds. The minimum atomic E-state index is -3.31. The maximum Gasteiger partial charge on any atom is 0.243 e. The van der Waals surface area contributed by atoms with Gasteiger partial charge in [-0.2, -0.15) is 16.1 Å². The van der Waals surface area contributed by atoms with Crippen molar-refractivity contribution in [1.29, 1.82) is 0 Å². The highest BCUT2D eigenvalue weighted by Crippen LogP contribution is 2.28. The van der Waals surface area contributed by atoms with Crippen molar-refractivity contribution >= 4 is 21.8 Å². The molecule has 0 aromatic heterocycles. The number of hydrogen-bond donors (Lipinski definition) is 0. The van der Waals surface area contributed by atoms with Crippen LogP contribution in [0.5, 0.6) is 0 Å². The Morgan fingerprint density at radius 3 is 2.20 bits per heavy atom. The number of hydrogen-bond acceptors (Lipinski definition) is 3. The summed E-state index contributed by atoms with van der Waals surface area (Å²) in [6.45, 7) is 7.75. The molecule has 2 rings (SSSR count). The molecule has 1 aromatic carbocycles. The standard InChI is InChI=1S/C15H23NO2S2/c1-4-15(2,3)13-5-7-14(8-6-13)20(17,18)16-9-11-19-12-10-16/h5-8H,4,9-12H2,1-3H3. The van der Waals surface area contributed by atoms with E-state index in [-0.39, 0.29) is 5.41 Å². The van der Waals surface area contributed by atoms with Crippen LogP contribution in [0.2, 0.25) is 0 Å². The summed E-state index contributed by atoms with van der Waals surface area (Å²) in [5, 5.41) is 0. The maximum atomic E-state index is 12.5. The second-order valence-electron chi connectivity index (χ2n) is 5.78. The van der Waals surface area contributed by atoms with Gasteiger partial charge in [0, 0.05) is 24.6 Å². The fourth-order valence-electron chi connectivity index (χ4n) is 2.22. The van der Waals surface area contributed by atoms with E-state index in [0.717, 1.165) is 17.9 Å². The number of benzene rings is 1. The third-order valence-corrected chi connectivity index (χ3v) is 6.98. The molecule has 3 nitrogen and oxygen atoms in total. The summed E-state index contributed by atoms with van der Waals surface area (Å²) < 4.78 is 26.7. The first-order valence-electron chi connectivity index (χ1n) is 7.06. The summed E-state index contributed by atoms with van der Waals surface area (Å²) in [5.41, 5.74) is 1.28. The molecule has 0 saturated carbocycles.